The van der Waals surface area contributed by atoms with Crippen LogP contribution in [0.4, 0.5) is 0 Å². The van der Waals surface area contributed by atoms with Gasteiger partial charge in [-0.1, -0.05) is 0 Å². The number of likely N-dealkylation sites (N-methyl/N-ethyl adjacent to an activating group) is 1. The van der Waals surface area contributed by atoms with Crippen molar-refractivity contribution in [3.63, 3.8) is 0 Å². The number of amides is 2. The molecule has 104 valence electrons. The summed E-state index contributed by atoms with van der Waals surface area (Å²) in [7, 11) is 3.24. The summed E-state index contributed by atoms with van der Waals surface area (Å²) >= 11 is 0. The normalized spacial score (nSPS) is 18.7. The molecule has 2 amide bonds. The molecular weight excluding hydrogens is 236 g/mol. The number of ether oxygens (including phenoxy) is 2. The largest absolute Gasteiger partial charge is 0.385 e. The molecule has 1 aliphatic rings. The first-order valence-corrected chi connectivity index (χ1v) is 6.27. The lowest BCUT2D eigenvalue weighted by atomic mass is 10.2. The van der Waals surface area contributed by atoms with E-state index in [9.17, 15) is 9.59 Å². The fraction of sp³-hybridized carbons (Fsp3) is 0.833. The van der Waals surface area contributed by atoms with Crippen molar-refractivity contribution in [1.82, 2.24) is 10.2 Å². The van der Waals surface area contributed by atoms with Crippen LogP contribution in [0.25, 0.3) is 0 Å². The van der Waals surface area contributed by atoms with E-state index in [2.05, 4.69) is 5.32 Å². The summed E-state index contributed by atoms with van der Waals surface area (Å²) in [6.07, 6.45) is 2.06. The third-order valence-corrected chi connectivity index (χ3v) is 2.81. The van der Waals surface area contributed by atoms with E-state index in [4.69, 9.17) is 9.47 Å². The monoisotopic (exact) mass is 258 g/mol. The highest BCUT2D eigenvalue weighted by Crippen LogP contribution is 2.13. The number of hydrogen-bond acceptors (Lipinski definition) is 4. The summed E-state index contributed by atoms with van der Waals surface area (Å²) in [6.45, 7) is 1.89. The van der Waals surface area contributed by atoms with Crippen LogP contribution in [0.5, 0.6) is 0 Å². The Bertz CT molecular complexity index is 277. The fourth-order valence-electron chi connectivity index (χ4n) is 1.81. The molecule has 1 fully saturated rings. The highest BCUT2D eigenvalue weighted by molar-refractivity contribution is 5.86. The third kappa shape index (κ3) is 5.01. The summed E-state index contributed by atoms with van der Waals surface area (Å²) in [4.78, 5) is 24.8. The van der Waals surface area contributed by atoms with Gasteiger partial charge in [-0.15, -0.1) is 0 Å². The zero-order chi connectivity index (χ0) is 13.4. The van der Waals surface area contributed by atoms with Crippen LogP contribution in [0.15, 0.2) is 0 Å². The maximum Gasteiger partial charge on any atom is 0.251 e. The average molecular weight is 258 g/mol. The molecule has 0 aromatic carbocycles. The standard InChI is InChI=1S/C12H22N2O4/c1-14(12(16)10-5-3-8-18-10)9-11(15)13-6-4-7-17-2/h10H,3-9H2,1-2H3,(H,13,15). The number of carbonyl (C=O) groups is 2. The molecule has 1 heterocycles. The Balaban J connectivity index is 2.19. The predicted molar refractivity (Wildman–Crippen MR) is 66.1 cm³/mol. The predicted octanol–water partition coefficient (Wildman–Crippen LogP) is -0.223. The average Bonchev–Trinajstić information content (AvgIpc) is 2.87. The molecule has 6 heteroatoms. The molecule has 6 nitrogen and oxygen atoms in total. The van der Waals surface area contributed by atoms with Crippen molar-refractivity contribution in [3.8, 4) is 0 Å². The van der Waals surface area contributed by atoms with Gasteiger partial charge in [0.1, 0.15) is 6.10 Å². The van der Waals surface area contributed by atoms with E-state index in [1.54, 1.807) is 14.2 Å². The molecule has 1 aliphatic heterocycles. The molecule has 0 aromatic rings. The Hall–Kier alpha value is -1.14. The minimum Gasteiger partial charge on any atom is -0.385 e. The Morgan fingerprint density at radius 3 is 2.89 bits per heavy atom. The van der Waals surface area contributed by atoms with Gasteiger partial charge in [0.05, 0.1) is 6.54 Å². The summed E-state index contributed by atoms with van der Waals surface area (Å²) in [5.41, 5.74) is 0. The van der Waals surface area contributed by atoms with Gasteiger partial charge in [0.25, 0.3) is 5.91 Å². The number of nitrogens with zero attached hydrogens (tertiary/aromatic N) is 1. The molecule has 1 saturated heterocycles. The van der Waals surface area contributed by atoms with E-state index in [-0.39, 0.29) is 24.5 Å². The molecule has 1 atom stereocenters. The van der Waals surface area contributed by atoms with Crippen LogP contribution in [0.2, 0.25) is 0 Å². The van der Waals surface area contributed by atoms with Crippen LogP contribution in [-0.2, 0) is 19.1 Å². The summed E-state index contributed by atoms with van der Waals surface area (Å²) in [5.74, 6) is -0.264. The van der Waals surface area contributed by atoms with E-state index in [0.717, 1.165) is 19.3 Å². The Morgan fingerprint density at radius 2 is 2.28 bits per heavy atom. The molecule has 0 bridgehead atoms. The topological polar surface area (TPSA) is 67.9 Å². The van der Waals surface area contributed by atoms with Gasteiger partial charge in [0, 0.05) is 33.9 Å². The van der Waals surface area contributed by atoms with Gasteiger partial charge in [-0.2, -0.15) is 0 Å². The minimum absolute atomic E-state index is 0.0751. The van der Waals surface area contributed by atoms with Crippen LogP contribution < -0.4 is 5.32 Å². The van der Waals surface area contributed by atoms with Crippen LogP contribution >= 0.6 is 0 Å². The second-order valence-corrected chi connectivity index (χ2v) is 4.39. The molecule has 0 spiro atoms. The second-order valence-electron chi connectivity index (χ2n) is 4.39. The number of nitrogens with one attached hydrogen (secondary N) is 1. The molecule has 0 aromatic heterocycles. The van der Waals surface area contributed by atoms with Crippen molar-refractivity contribution in [2.75, 3.05) is 40.5 Å². The van der Waals surface area contributed by atoms with Gasteiger partial charge in [-0.05, 0) is 19.3 Å². The van der Waals surface area contributed by atoms with Gasteiger partial charge >= 0.3 is 0 Å². The molecule has 0 aliphatic carbocycles. The molecule has 0 radical (unpaired) electrons. The van der Waals surface area contributed by atoms with Crippen molar-refractivity contribution < 1.29 is 19.1 Å². The number of hydrogen-bond donors (Lipinski definition) is 1. The van der Waals surface area contributed by atoms with Crippen LogP contribution in [0.1, 0.15) is 19.3 Å². The maximum absolute atomic E-state index is 11.9. The molecule has 1 unspecified atom stereocenters. The molecule has 18 heavy (non-hydrogen) atoms. The third-order valence-electron chi connectivity index (χ3n) is 2.81. The first-order chi connectivity index (χ1) is 8.65. The van der Waals surface area contributed by atoms with Crippen molar-refractivity contribution in [2.24, 2.45) is 0 Å². The molecule has 1 rings (SSSR count). The zero-order valence-corrected chi connectivity index (χ0v) is 11.1. The van der Waals surface area contributed by atoms with Crippen LogP contribution in [0.3, 0.4) is 0 Å². The lowest BCUT2D eigenvalue weighted by molar-refractivity contribution is -0.142. The lowest BCUT2D eigenvalue weighted by Gasteiger charge is -2.20. The van der Waals surface area contributed by atoms with Gasteiger partial charge in [-0.3, -0.25) is 9.59 Å². The van der Waals surface area contributed by atoms with Gasteiger partial charge < -0.3 is 19.7 Å². The quantitative estimate of drug-likeness (QED) is 0.641. The zero-order valence-electron chi connectivity index (χ0n) is 11.1. The number of rotatable bonds is 7. The van der Waals surface area contributed by atoms with Crippen molar-refractivity contribution in [1.29, 1.82) is 0 Å². The Morgan fingerprint density at radius 1 is 1.50 bits per heavy atom. The van der Waals surface area contributed by atoms with Gasteiger partial charge in [0.2, 0.25) is 5.91 Å². The van der Waals surface area contributed by atoms with Crippen LogP contribution in [0, 0.1) is 0 Å². The second kappa shape index (κ2) is 8.05. The SMILES string of the molecule is COCCCNC(=O)CN(C)C(=O)C1CCCO1. The van der Waals surface area contributed by atoms with E-state index in [1.807, 2.05) is 0 Å². The van der Waals surface area contributed by atoms with E-state index >= 15 is 0 Å². The van der Waals surface area contributed by atoms with Crippen LogP contribution in [-0.4, -0.2) is 63.3 Å². The first-order valence-electron chi connectivity index (χ1n) is 6.27. The van der Waals surface area contributed by atoms with Crippen molar-refractivity contribution in [2.45, 2.75) is 25.4 Å². The molecular formula is C12H22N2O4. The van der Waals surface area contributed by atoms with Gasteiger partial charge in [-0.25, -0.2) is 0 Å². The van der Waals surface area contributed by atoms with Crippen molar-refractivity contribution >= 4 is 11.8 Å². The van der Waals surface area contributed by atoms with E-state index in [1.165, 1.54) is 4.90 Å². The number of methoxy groups -OCH3 is 1. The molecule has 0 saturated carbocycles. The van der Waals surface area contributed by atoms with E-state index in [0.29, 0.717) is 19.8 Å². The Labute approximate surface area is 108 Å². The highest BCUT2D eigenvalue weighted by atomic mass is 16.5. The molecule has 1 N–H and O–H groups in total. The first kappa shape index (κ1) is 14.9. The summed E-state index contributed by atoms with van der Waals surface area (Å²) in [5, 5.41) is 2.74. The highest BCUT2D eigenvalue weighted by Gasteiger charge is 2.27. The Kier molecular flexibility index (Phi) is 6.67. The lowest BCUT2D eigenvalue weighted by Crippen LogP contribution is -2.42. The minimum atomic E-state index is -0.365. The summed E-state index contributed by atoms with van der Waals surface area (Å²) < 4.78 is 10.2. The van der Waals surface area contributed by atoms with Crippen molar-refractivity contribution in [3.05, 3.63) is 0 Å². The number of carbonyl (C=O) groups excluding carboxylic acids is 2. The summed E-state index contributed by atoms with van der Waals surface area (Å²) in [6, 6.07) is 0. The maximum atomic E-state index is 11.9. The van der Waals surface area contributed by atoms with E-state index < -0.39 is 0 Å². The van der Waals surface area contributed by atoms with Gasteiger partial charge in [0.15, 0.2) is 0 Å². The smallest absolute Gasteiger partial charge is 0.251 e. The fourth-order valence-corrected chi connectivity index (χ4v) is 1.81.